The molecule has 7 nitrogen and oxygen atoms in total. The highest BCUT2D eigenvalue weighted by atomic mass is 32.2. The minimum atomic E-state index is -1.34. The van der Waals surface area contributed by atoms with Crippen LogP contribution in [0.4, 0.5) is 4.39 Å². The lowest BCUT2D eigenvalue weighted by molar-refractivity contribution is 0.00997. The van der Waals surface area contributed by atoms with Crippen LogP contribution in [0.5, 0.6) is 0 Å². The maximum absolute atomic E-state index is 13.1. The van der Waals surface area contributed by atoms with E-state index in [0.29, 0.717) is 6.20 Å². The topological polar surface area (TPSA) is 116 Å². The normalized spacial score (nSPS) is 31.8. The van der Waals surface area contributed by atoms with Crippen LogP contribution in [0, 0.1) is 5.82 Å². The number of aromatic amines is 1. The predicted molar refractivity (Wildman–Crippen MR) is 60.8 cm³/mol. The van der Waals surface area contributed by atoms with Gasteiger partial charge in [0.05, 0.1) is 24.2 Å². The largest absolute Gasteiger partial charge is 0.395 e. The van der Waals surface area contributed by atoms with Crippen LogP contribution >= 0.6 is 11.8 Å². The molecule has 1 fully saturated rings. The summed E-state index contributed by atoms with van der Waals surface area (Å²) in [5.41, 5.74) is -2.03. The lowest BCUT2D eigenvalue weighted by Gasteiger charge is -2.17. The molecular weight excluding hydrogens is 267 g/mol. The Hall–Kier alpha value is -1.16. The number of halogens is 1. The van der Waals surface area contributed by atoms with Crippen LogP contribution < -0.4 is 11.2 Å². The zero-order chi connectivity index (χ0) is 13.4. The molecule has 9 heteroatoms. The van der Waals surface area contributed by atoms with Crippen molar-refractivity contribution in [1.29, 1.82) is 0 Å². The smallest absolute Gasteiger partial charge is 0.329 e. The first-order valence-electron chi connectivity index (χ1n) is 5.09. The molecule has 0 radical (unpaired) electrons. The number of aromatic nitrogens is 2. The lowest BCUT2D eigenvalue weighted by atomic mass is 10.1. The van der Waals surface area contributed by atoms with Gasteiger partial charge in [-0.25, -0.2) is 4.79 Å². The number of hydrogen-bond acceptors (Lipinski definition) is 6. The standard InChI is InChI=1S/C9H11FN2O5S/c10-3-1-12(9(17)11-7(3)16)8-6(15)5(14)4(2-13)18-8/h1,4-6,8,13-15H,2H2,(H,11,16,17)/t4-,5?,6+,8-/m1/s1. The zero-order valence-corrected chi connectivity index (χ0v) is 9.80. The second kappa shape index (κ2) is 4.84. The number of thioether (sulfide) groups is 1. The van der Waals surface area contributed by atoms with Crippen LogP contribution in [0.15, 0.2) is 15.8 Å². The van der Waals surface area contributed by atoms with Gasteiger partial charge < -0.3 is 15.3 Å². The van der Waals surface area contributed by atoms with E-state index in [1.165, 1.54) is 0 Å². The Morgan fingerprint density at radius 1 is 1.39 bits per heavy atom. The quantitative estimate of drug-likeness (QED) is 0.497. The van der Waals surface area contributed by atoms with Gasteiger partial charge in [0.15, 0.2) is 0 Å². The van der Waals surface area contributed by atoms with Crippen molar-refractivity contribution in [3.8, 4) is 0 Å². The van der Waals surface area contributed by atoms with E-state index >= 15 is 0 Å². The Labute approximate surface area is 104 Å². The van der Waals surface area contributed by atoms with E-state index < -0.39 is 39.9 Å². The average Bonchev–Trinajstić information content (AvgIpc) is 2.61. The monoisotopic (exact) mass is 278 g/mol. The third kappa shape index (κ3) is 2.09. The summed E-state index contributed by atoms with van der Waals surface area (Å²) in [5, 5.41) is 26.7. The van der Waals surface area contributed by atoms with Crippen LogP contribution in [0.3, 0.4) is 0 Å². The molecule has 4 N–H and O–H groups in total. The van der Waals surface area contributed by atoms with Crippen LogP contribution in [-0.2, 0) is 0 Å². The van der Waals surface area contributed by atoms with Gasteiger partial charge in [0.25, 0.3) is 5.56 Å². The summed E-state index contributed by atoms with van der Waals surface area (Å²) in [6, 6.07) is 0. The molecule has 2 heterocycles. The molecular formula is C9H11FN2O5S. The van der Waals surface area contributed by atoms with Crippen molar-refractivity contribution >= 4 is 11.8 Å². The first kappa shape index (κ1) is 13.3. The molecule has 0 aromatic carbocycles. The minimum absolute atomic E-state index is 0.389. The number of aliphatic hydroxyl groups excluding tert-OH is 3. The Balaban J connectivity index is 2.42. The summed E-state index contributed by atoms with van der Waals surface area (Å²) >= 11 is 0.933. The fraction of sp³-hybridized carbons (Fsp3) is 0.556. The molecule has 1 aromatic heterocycles. The first-order valence-corrected chi connectivity index (χ1v) is 6.03. The maximum Gasteiger partial charge on any atom is 0.329 e. The molecule has 100 valence electrons. The molecule has 0 aliphatic carbocycles. The van der Waals surface area contributed by atoms with Gasteiger partial charge in [0.1, 0.15) is 11.5 Å². The summed E-state index contributed by atoms with van der Waals surface area (Å²) in [7, 11) is 0. The molecule has 1 aliphatic rings. The number of rotatable bonds is 2. The Morgan fingerprint density at radius 2 is 2.06 bits per heavy atom. The SMILES string of the molecule is O=c1[nH]c(=O)n([C@@H]2S[C@H](CO)C(O)[C@@H]2O)cc1F. The van der Waals surface area contributed by atoms with Gasteiger partial charge in [-0.1, -0.05) is 0 Å². The van der Waals surface area contributed by atoms with Gasteiger partial charge in [0, 0.05) is 0 Å². The van der Waals surface area contributed by atoms with Crippen molar-refractivity contribution in [2.45, 2.75) is 22.8 Å². The van der Waals surface area contributed by atoms with E-state index in [0.717, 1.165) is 16.3 Å². The van der Waals surface area contributed by atoms with Crippen LogP contribution in [0.25, 0.3) is 0 Å². The molecule has 1 unspecified atom stereocenters. The van der Waals surface area contributed by atoms with Gasteiger partial charge in [-0.05, 0) is 0 Å². The number of hydrogen-bond donors (Lipinski definition) is 4. The molecule has 0 spiro atoms. The van der Waals surface area contributed by atoms with Crippen molar-refractivity contribution in [1.82, 2.24) is 9.55 Å². The van der Waals surface area contributed by atoms with Gasteiger partial charge in [0.2, 0.25) is 5.82 Å². The van der Waals surface area contributed by atoms with E-state index in [-0.39, 0.29) is 6.61 Å². The summed E-state index contributed by atoms with van der Waals surface area (Å²) in [4.78, 5) is 24.1. The molecule has 1 saturated heterocycles. The van der Waals surface area contributed by atoms with Crippen LogP contribution in [0.1, 0.15) is 5.37 Å². The highest BCUT2D eigenvalue weighted by molar-refractivity contribution is 8.00. The average molecular weight is 278 g/mol. The number of nitrogens with zero attached hydrogens (tertiary/aromatic N) is 1. The second-order valence-corrected chi connectivity index (χ2v) is 5.23. The lowest BCUT2D eigenvalue weighted by Crippen LogP contribution is -2.38. The highest BCUT2D eigenvalue weighted by Gasteiger charge is 2.43. The van der Waals surface area contributed by atoms with E-state index in [9.17, 15) is 24.2 Å². The van der Waals surface area contributed by atoms with Gasteiger partial charge in [-0.2, -0.15) is 4.39 Å². The summed E-state index contributed by atoms with van der Waals surface area (Å²) < 4.78 is 13.9. The minimum Gasteiger partial charge on any atom is -0.395 e. The van der Waals surface area contributed by atoms with E-state index in [1.54, 1.807) is 4.98 Å². The predicted octanol–water partition coefficient (Wildman–Crippen LogP) is -2.00. The summed E-state index contributed by atoms with van der Waals surface area (Å²) in [6.45, 7) is -0.389. The van der Waals surface area contributed by atoms with E-state index in [1.807, 2.05) is 0 Å². The van der Waals surface area contributed by atoms with Gasteiger partial charge in [-0.3, -0.25) is 14.3 Å². The number of aliphatic hydroxyl groups is 3. The Kier molecular flexibility index (Phi) is 3.57. The molecule has 2 rings (SSSR count). The number of H-pyrrole nitrogens is 1. The first-order chi connectivity index (χ1) is 8.45. The van der Waals surface area contributed by atoms with Crippen molar-refractivity contribution in [2.75, 3.05) is 6.61 Å². The van der Waals surface area contributed by atoms with E-state index in [2.05, 4.69) is 0 Å². The molecule has 4 atom stereocenters. The molecule has 1 aromatic rings. The van der Waals surface area contributed by atoms with Crippen LogP contribution in [0.2, 0.25) is 0 Å². The summed E-state index contributed by atoms with van der Waals surface area (Å²) in [6.07, 6.45) is -1.89. The highest BCUT2D eigenvalue weighted by Crippen LogP contribution is 2.40. The Morgan fingerprint density at radius 3 is 2.61 bits per heavy atom. The van der Waals surface area contributed by atoms with Gasteiger partial charge >= 0.3 is 5.69 Å². The third-order valence-corrected chi connectivity index (χ3v) is 4.28. The fourth-order valence-corrected chi connectivity index (χ4v) is 3.14. The van der Waals surface area contributed by atoms with Crippen molar-refractivity contribution in [2.24, 2.45) is 0 Å². The van der Waals surface area contributed by atoms with Crippen molar-refractivity contribution in [3.05, 3.63) is 32.9 Å². The van der Waals surface area contributed by atoms with Crippen molar-refractivity contribution in [3.63, 3.8) is 0 Å². The second-order valence-electron chi connectivity index (χ2n) is 3.87. The van der Waals surface area contributed by atoms with Crippen molar-refractivity contribution < 1.29 is 19.7 Å². The van der Waals surface area contributed by atoms with E-state index in [4.69, 9.17) is 5.11 Å². The molecule has 18 heavy (non-hydrogen) atoms. The number of nitrogens with one attached hydrogen (secondary N) is 1. The fourth-order valence-electron chi connectivity index (χ4n) is 1.76. The maximum atomic E-state index is 13.1. The Bertz CT molecular complexity index is 559. The third-order valence-electron chi connectivity index (χ3n) is 2.72. The molecule has 0 saturated carbocycles. The summed E-state index contributed by atoms with van der Waals surface area (Å²) in [5.74, 6) is -1.16. The van der Waals surface area contributed by atoms with Crippen LogP contribution in [-0.4, -0.2) is 48.9 Å². The molecule has 0 bridgehead atoms. The molecule has 0 amide bonds. The zero-order valence-electron chi connectivity index (χ0n) is 8.99. The molecule has 1 aliphatic heterocycles. The van der Waals surface area contributed by atoms with Gasteiger partial charge in [-0.15, -0.1) is 11.8 Å².